The molecule has 0 aromatic rings. The third-order valence-corrected chi connectivity index (χ3v) is 1.85. The minimum absolute atomic E-state index is 0.298. The Bertz CT molecular complexity index is 118. The highest BCUT2D eigenvalue weighted by molar-refractivity contribution is 4.49. The Hall–Kier alpha value is -0.240. The fourth-order valence-electron chi connectivity index (χ4n) is 1.07. The summed E-state index contributed by atoms with van der Waals surface area (Å²) in [5, 5.41) is 16.1. The Labute approximate surface area is 95.9 Å². The van der Waals surface area contributed by atoms with Gasteiger partial charge in [0.1, 0.15) is 0 Å². The molecule has 0 radical (unpaired) electrons. The van der Waals surface area contributed by atoms with Crippen molar-refractivity contribution in [2.24, 2.45) is 5.92 Å². The molecule has 0 aromatic carbocycles. The van der Waals surface area contributed by atoms with Gasteiger partial charge in [-0.1, -0.05) is 6.92 Å². The zero-order valence-electron chi connectivity index (χ0n) is 9.76. The van der Waals surface area contributed by atoms with E-state index in [0.717, 1.165) is 0 Å². The fraction of sp³-hybridized carbons (Fsp3) is 1.00. The molecule has 0 spiro atoms. The maximum Gasteiger partial charge on any atom is 0.0841 e. The van der Waals surface area contributed by atoms with Crippen molar-refractivity contribution in [3.8, 4) is 0 Å². The smallest absolute Gasteiger partial charge is 0.0841 e. The van der Waals surface area contributed by atoms with Crippen molar-refractivity contribution >= 4 is 0 Å². The predicted octanol–water partition coefficient (Wildman–Crippen LogP) is 1.42. The van der Waals surface area contributed by atoms with Crippen LogP contribution in [0.15, 0.2) is 0 Å². The van der Waals surface area contributed by atoms with Crippen LogP contribution in [0.2, 0.25) is 0 Å². The summed E-state index contributed by atoms with van der Waals surface area (Å²) in [4.78, 5) is 7.83. The highest BCUT2D eigenvalue weighted by atomic mass is 17.1. The summed E-state index contributed by atoms with van der Waals surface area (Å²) in [5.41, 5.74) is 0. The molecule has 0 heterocycles. The maximum atomic E-state index is 8.06. The molecule has 0 unspecified atom stereocenters. The molecule has 98 valence electrons. The van der Waals surface area contributed by atoms with Crippen LogP contribution in [-0.2, 0) is 19.2 Å². The van der Waals surface area contributed by atoms with Crippen molar-refractivity contribution < 1.29 is 29.8 Å². The molecule has 0 aliphatic rings. The van der Waals surface area contributed by atoms with Crippen molar-refractivity contribution in [3.05, 3.63) is 0 Å². The lowest BCUT2D eigenvalue weighted by atomic mass is 10.2. The highest BCUT2D eigenvalue weighted by Crippen LogP contribution is 1.98. The first-order valence-corrected chi connectivity index (χ1v) is 5.49. The molecule has 0 aromatic heterocycles. The zero-order chi connectivity index (χ0) is 12.1. The van der Waals surface area contributed by atoms with E-state index in [9.17, 15) is 0 Å². The quantitative estimate of drug-likeness (QED) is 0.304. The van der Waals surface area contributed by atoms with E-state index in [1.54, 1.807) is 0 Å². The molecule has 6 nitrogen and oxygen atoms in total. The summed E-state index contributed by atoms with van der Waals surface area (Å²) in [7, 11) is 0. The predicted molar refractivity (Wildman–Crippen MR) is 57.2 cm³/mol. The van der Waals surface area contributed by atoms with E-state index < -0.39 is 0 Å². The molecule has 6 heteroatoms. The SMILES string of the molecule is CC(COCCCOO)COCCCOO. The van der Waals surface area contributed by atoms with Crippen molar-refractivity contribution in [3.63, 3.8) is 0 Å². The Morgan fingerprint density at radius 1 is 0.812 bits per heavy atom. The molecule has 0 fully saturated rings. The topological polar surface area (TPSA) is 77.4 Å². The normalized spacial score (nSPS) is 11.2. The summed E-state index contributed by atoms with van der Waals surface area (Å²) in [6.07, 6.45) is 1.36. The molecule has 0 saturated carbocycles. The molecule has 0 rings (SSSR count). The first-order chi connectivity index (χ1) is 7.81. The van der Waals surface area contributed by atoms with Gasteiger partial charge in [0, 0.05) is 19.1 Å². The minimum Gasteiger partial charge on any atom is -0.381 e. The van der Waals surface area contributed by atoms with Gasteiger partial charge in [-0.05, 0) is 12.8 Å². The lowest BCUT2D eigenvalue weighted by Gasteiger charge is -2.12. The van der Waals surface area contributed by atoms with E-state index in [2.05, 4.69) is 9.78 Å². The van der Waals surface area contributed by atoms with Gasteiger partial charge in [-0.2, -0.15) is 0 Å². The van der Waals surface area contributed by atoms with Crippen molar-refractivity contribution in [2.45, 2.75) is 19.8 Å². The average Bonchev–Trinajstić information content (AvgIpc) is 2.28. The van der Waals surface area contributed by atoms with Gasteiger partial charge in [0.25, 0.3) is 0 Å². The first kappa shape index (κ1) is 15.8. The van der Waals surface area contributed by atoms with Crippen molar-refractivity contribution in [2.75, 3.05) is 39.6 Å². The Morgan fingerprint density at radius 3 is 1.62 bits per heavy atom. The van der Waals surface area contributed by atoms with Gasteiger partial charge < -0.3 is 9.47 Å². The highest BCUT2D eigenvalue weighted by Gasteiger charge is 2.02. The second-order valence-corrected chi connectivity index (χ2v) is 3.63. The zero-order valence-corrected chi connectivity index (χ0v) is 9.76. The standard InChI is InChI=1S/C10H22O6/c1-10(8-13-4-2-6-15-11)9-14-5-3-7-16-12/h10-12H,2-9H2,1H3. The molecule has 0 aliphatic heterocycles. The van der Waals surface area contributed by atoms with Gasteiger partial charge >= 0.3 is 0 Å². The van der Waals surface area contributed by atoms with E-state index in [1.807, 2.05) is 6.92 Å². The van der Waals surface area contributed by atoms with E-state index in [1.165, 1.54) is 0 Å². The third kappa shape index (κ3) is 11.8. The van der Waals surface area contributed by atoms with Crippen LogP contribution in [0.25, 0.3) is 0 Å². The van der Waals surface area contributed by atoms with E-state index >= 15 is 0 Å². The fourth-order valence-corrected chi connectivity index (χ4v) is 1.07. The van der Waals surface area contributed by atoms with Crippen LogP contribution in [0.5, 0.6) is 0 Å². The Kier molecular flexibility index (Phi) is 12.6. The number of ether oxygens (including phenoxy) is 2. The summed E-state index contributed by atoms with van der Waals surface area (Å²) in [6, 6.07) is 0. The van der Waals surface area contributed by atoms with Crippen LogP contribution in [0, 0.1) is 5.92 Å². The third-order valence-electron chi connectivity index (χ3n) is 1.85. The Balaban J connectivity index is 3.09. The van der Waals surface area contributed by atoms with E-state index in [-0.39, 0.29) is 0 Å². The molecular formula is C10H22O6. The van der Waals surface area contributed by atoms with Gasteiger partial charge in [-0.15, -0.1) is 0 Å². The molecule has 0 bridgehead atoms. The van der Waals surface area contributed by atoms with Crippen LogP contribution >= 0.6 is 0 Å². The summed E-state index contributed by atoms with van der Waals surface area (Å²) in [5.74, 6) is 0.324. The molecule has 0 aliphatic carbocycles. The minimum atomic E-state index is 0.298. The second-order valence-electron chi connectivity index (χ2n) is 3.63. The first-order valence-electron chi connectivity index (χ1n) is 5.49. The monoisotopic (exact) mass is 238 g/mol. The lowest BCUT2D eigenvalue weighted by molar-refractivity contribution is -0.244. The van der Waals surface area contributed by atoms with Gasteiger partial charge in [-0.25, -0.2) is 9.78 Å². The number of hydrogen-bond donors (Lipinski definition) is 2. The van der Waals surface area contributed by atoms with Crippen molar-refractivity contribution in [1.29, 1.82) is 0 Å². The number of hydrogen-bond acceptors (Lipinski definition) is 6. The molecule has 0 amide bonds. The van der Waals surface area contributed by atoms with Crippen LogP contribution in [0.4, 0.5) is 0 Å². The van der Waals surface area contributed by atoms with Crippen LogP contribution in [0.3, 0.4) is 0 Å². The lowest BCUT2D eigenvalue weighted by Crippen LogP contribution is -2.14. The van der Waals surface area contributed by atoms with Crippen LogP contribution in [-0.4, -0.2) is 50.2 Å². The van der Waals surface area contributed by atoms with Crippen molar-refractivity contribution in [1.82, 2.24) is 0 Å². The van der Waals surface area contributed by atoms with Crippen LogP contribution < -0.4 is 0 Å². The summed E-state index contributed by atoms with van der Waals surface area (Å²) < 4.78 is 10.7. The molecule has 0 saturated heterocycles. The maximum absolute atomic E-state index is 8.06. The van der Waals surface area contributed by atoms with E-state index in [4.69, 9.17) is 20.0 Å². The molecule has 0 atom stereocenters. The van der Waals surface area contributed by atoms with Gasteiger partial charge in [0.2, 0.25) is 0 Å². The molecule has 16 heavy (non-hydrogen) atoms. The largest absolute Gasteiger partial charge is 0.381 e. The second kappa shape index (κ2) is 12.8. The van der Waals surface area contributed by atoms with E-state index in [0.29, 0.717) is 58.4 Å². The number of rotatable bonds is 12. The summed E-state index contributed by atoms with van der Waals surface area (Å²) in [6.45, 7) is 5.03. The molecule has 2 N–H and O–H groups in total. The average molecular weight is 238 g/mol. The van der Waals surface area contributed by atoms with Crippen LogP contribution in [0.1, 0.15) is 19.8 Å². The summed E-state index contributed by atoms with van der Waals surface area (Å²) >= 11 is 0. The Morgan fingerprint density at radius 2 is 1.25 bits per heavy atom. The van der Waals surface area contributed by atoms with Gasteiger partial charge in [-0.3, -0.25) is 10.5 Å². The molecular weight excluding hydrogens is 216 g/mol. The van der Waals surface area contributed by atoms with Gasteiger partial charge in [0.05, 0.1) is 26.4 Å². The van der Waals surface area contributed by atoms with Gasteiger partial charge in [0.15, 0.2) is 0 Å².